The van der Waals surface area contributed by atoms with Gasteiger partial charge in [0.05, 0.1) is 11.5 Å². The second-order valence-corrected chi connectivity index (χ2v) is 5.28. The minimum Gasteiger partial charge on any atom is -0.462 e. The Bertz CT molecular complexity index is 934. The fourth-order valence-corrected chi connectivity index (χ4v) is 2.33. The number of oxazole rings is 1. The molecule has 0 saturated carbocycles. The highest BCUT2D eigenvalue weighted by Gasteiger charge is 2.22. The molecule has 0 aliphatic rings. The third kappa shape index (κ3) is 2.93. The van der Waals surface area contributed by atoms with Crippen LogP contribution in [-0.4, -0.2) is 22.5 Å². The summed E-state index contributed by atoms with van der Waals surface area (Å²) in [7, 11) is 0. The monoisotopic (exact) mass is 346 g/mol. The highest BCUT2D eigenvalue weighted by molar-refractivity contribution is 6.30. The molecule has 2 aromatic carbocycles. The number of hydrogen-bond acceptors (Lipinski definition) is 6. The van der Waals surface area contributed by atoms with Crippen LogP contribution in [0.1, 0.15) is 17.3 Å². The highest BCUT2D eigenvalue weighted by Crippen LogP contribution is 2.31. The summed E-state index contributed by atoms with van der Waals surface area (Å²) in [6.45, 7) is 1.78. The second-order valence-electron chi connectivity index (χ2n) is 4.85. The van der Waals surface area contributed by atoms with E-state index in [1.54, 1.807) is 31.2 Å². The van der Waals surface area contributed by atoms with Crippen molar-refractivity contribution in [3.05, 3.63) is 57.1 Å². The van der Waals surface area contributed by atoms with Gasteiger partial charge in [0, 0.05) is 22.7 Å². The normalized spacial score (nSPS) is 10.8. The van der Waals surface area contributed by atoms with Crippen LogP contribution in [0.3, 0.4) is 0 Å². The predicted octanol–water partition coefficient (Wildman–Crippen LogP) is 4.23. The third-order valence-electron chi connectivity index (χ3n) is 3.27. The molecule has 1 heterocycles. The lowest BCUT2D eigenvalue weighted by atomic mass is 10.1. The molecular weight excluding hydrogens is 336 g/mol. The molecule has 0 spiro atoms. The zero-order valence-electron chi connectivity index (χ0n) is 12.5. The van der Waals surface area contributed by atoms with Crippen LogP contribution in [0.5, 0.6) is 0 Å². The van der Waals surface area contributed by atoms with E-state index < -0.39 is 10.9 Å². The number of carbonyl (C=O) groups excluding carboxylic acids is 1. The number of rotatable bonds is 4. The van der Waals surface area contributed by atoms with Crippen molar-refractivity contribution in [1.29, 1.82) is 0 Å². The maximum atomic E-state index is 12.1. The Morgan fingerprint density at radius 3 is 2.67 bits per heavy atom. The van der Waals surface area contributed by atoms with Crippen molar-refractivity contribution in [3.8, 4) is 11.5 Å². The molecule has 3 aromatic rings. The first-order valence-electron chi connectivity index (χ1n) is 7.01. The van der Waals surface area contributed by atoms with Crippen molar-refractivity contribution in [2.45, 2.75) is 6.92 Å². The first-order chi connectivity index (χ1) is 11.5. The van der Waals surface area contributed by atoms with Crippen LogP contribution in [-0.2, 0) is 4.74 Å². The van der Waals surface area contributed by atoms with Gasteiger partial charge < -0.3 is 9.15 Å². The lowest BCUT2D eigenvalue weighted by Gasteiger charge is -2.02. The number of esters is 1. The van der Waals surface area contributed by atoms with Gasteiger partial charge in [-0.05, 0) is 31.2 Å². The summed E-state index contributed by atoms with van der Waals surface area (Å²) in [4.78, 5) is 26.8. The van der Waals surface area contributed by atoms with Crippen LogP contribution >= 0.6 is 11.6 Å². The highest BCUT2D eigenvalue weighted by atomic mass is 35.5. The van der Waals surface area contributed by atoms with Crippen molar-refractivity contribution in [1.82, 2.24) is 4.98 Å². The van der Waals surface area contributed by atoms with E-state index in [1.807, 2.05) is 0 Å². The van der Waals surface area contributed by atoms with E-state index in [-0.39, 0.29) is 34.8 Å². The van der Waals surface area contributed by atoms with Crippen LogP contribution in [0.4, 0.5) is 5.69 Å². The van der Waals surface area contributed by atoms with Gasteiger partial charge in [0.2, 0.25) is 5.89 Å². The van der Waals surface area contributed by atoms with Crippen molar-refractivity contribution >= 4 is 34.4 Å². The maximum Gasteiger partial charge on any atom is 0.342 e. The predicted molar refractivity (Wildman–Crippen MR) is 87.1 cm³/mol. The SMILES string of the molecule is CCOC(=O)c1cc([N+](=O)[O-])cc2nc(-c3ccc(Cl)cc3)oc12. The average molecular weight is 347 g/mol. The number of benzene rings is 2. The van der Waals surface area contributed by atoms with Gasteiger partial charge >= 0.3 is 5.97 Å². The van der Waals surface area contributed by atoms with Crippen molar-refractivity contribution in [3.63, 3.8) is 0 Å². The molecule has 0 aliphatic heterocycles. The van der Waals surface area contributed by atoms with Gasteiger partial charge in [-0.2, -0.15) is 0 Å². The molecule has 0 amide bonds. The van der Waals surface area contributed by atoms with E-state index in [9.17, 15) is 14.9 Å². The number of carbonyl (C=O) groups is 1. The number of non-ortho nitro benzene ring substituents is 1. The first kappa shape index (κ1) is 15.9. The Morgan fingerprint density at radius 2 is 2.04 bits per heavy atom. The molecule has 0 unspecified atom stereocenters. The summed E-state index contributed by atoms with van der Waals surface area (Å²) < 4.78 is 10.6. The number of fused-ring (bicyclic) bond motifs is 1. The standard InChI is InChI=1S/C16H11ClN2O5/c1-2-23-16(20)12-7-11(19(21)22)8-13-14(12)24-15(18-13)9-3-5-10(17)6-4-9/h3-8H,2H2,1H3. The molecule has 0 bridgehead atoms. The molecule has 24 heavy (non-hydrogen) atoms. The molecule has 0 saturated heterocycles. The summed E-state index contributed by atoms with van der Waals surface area (Å²) in [6.07, 6.45) is 0. The third-order valence-corrected chi connectivity index (χ3v) is 3.52. The Kier molecular flexibility index (Phi) is 4.18. The number of ether oxygens (including phenoxy) is 1. The molecule has 3 rings (SSSR count). The second kappa shape index (κ2) is 6.29. The molecule has 7 nitrogen and oxygen atoms in total. The lowest BCUT2D eigenvalue weighted by Crippen LogP contribution is -2.05. The maximum absolute atomic E-state index is 12.1. The average Bonchev–Trinajstić information content (AvgIpc) is 2.98. The molecule has 0 radical (unpaired) electrons. The van der Waals surface area contributed by atoms with Gasteiger partial charge in [0.25, 0.3) is 5.69 Å². The Morgan fingerprint density at radius 1 is 1.33 bits per heavy atom. The molecule has 8 heteroatoms. The number of nitrogens with zero attached hydrogens (tertiary/aromatic N) is 2. The summed E-state index contributed by atoms with van der Waals surface area (Å²) in [5.41, 5.74) is 0.685. The van der Waals surface area contributed by atoms with Gasteiger partial charge in [-0.25, -0.2) is 9.78 Å². The van der Waals surface area contributed by atoms with Crippen LogP contribution in [0.25, 0.3) is 22.6 Å². The molecular formula is C16H11ClN2O5. The van der Waals surface area contributed by atoms with Gasteiger partial charge in [-0.3, -0.25) is 10.1 Å². The van der Waals surface area contributed by atoms with E-state index in [1.165, 1.54) is 6.07 Å². The number of halogens is 1. The number of nitro groups is 1. The Hall–Kier alpha value is -2.93. The largest absolute Gasteiger partial charge is 0.462 e. The lowest BCUT2D eigenvalue weighted by molar-refractivity contribution is -0.384. The molecule has 0 aliphatic carbocycles. The zero-order valence-corrected chi connectivity index (χ0v) is 13.2. The number of nitro benzene ring substituents is 1. The van der Waals surface area contributed by atoms with Crippen molar-refractivity contribution in [2.75, 3.05) is 6.61 Å². The molecule has 0 N–H and O–H groups in total. The van der Waals surface area contributed by atoms with Gasteiger partial charge in [0.1, 0.15) is 11.1 Å². The smallest absolute Gasteiger partial charge is 0.342 e. The van der Waals surface area contributed by atoms with Crippen LogP contribution in [0.15, 0.2) is 40.8 Å². The van der Waals surface area contributed by atoms with E-state index >= 15 is 0 Å². The summed E-state index contributed by atoms with van der Waals surface area (Å²) in [5.74, 6) is -0.474. The minimum atomic E-state index is -0.704. The fraction of sp³-hybridized carbons (Fsp3) is 0.125. The van der Waals surface area contributed by atoms with Gasteiger partial charge in [0.15, 0.2) is 5.58 Å². The van der Waals surface area contributed by atoms with Gasteiger partial charge in [-0.15, -0.1) is 0 Å². The summed E-state index contributed by atoms with van der Waals surface area (Å²) >= 11 is 5.85. The quantitative estimate of drug-likeness (QED) is 0.398. The van der Waals surface area contributed by atoms with Crippen LogP contribution in [0, 0.1) is 10.1 Å². The Balaban J connectivity index is 2.19. The van der Waals surface area contributed by atoms with E-state index in [2.05, 4.69) is 4.98 Å². The summed E-state index contributed by atoms with van der Waals surface area (Å²) in [5, 5.41) is 11.6. The van der Waals surface area contributed by atoms with Crippen LogP contribution < -0.4 is 0 Å². The first-order valence-corrected chi connectivity index (χ1v) is 7.39. The van der Waals surface area contributed by atoms with E-state index in [0.717, 1.165) is 6.07 Å². The van der Waals surface area contributed by atoms with Crippen LogP contribution in [0.2, 0.25) is 5.02 Å². The minimum absolute atomic E-state index is 0.0336. The summed E-state index contributed by atoms with van der Waals surface area (Å²) in [6, 6.07) is 9.11. The van der Waals surface area contributed by atoms with E-state index in [0.29, 0.717) is 10.6 Å². The Labute approximate surface area is 141 Å². The molecule has 0 atom stereocenters. The molecule has 122 valence electrons. The fourth-order valence-electron chi connectivity index (χ4n) is 2.20. The zero-order chi connectivity index (χ0) is 17.3. The topological polar surface area (TPSA) is 95.5 Å². The van der Waals surface area contributed by atoms with Gasteiger partial charge in [-0.1, -0.05) is 11.6 Å². The number of aromatic nitrogens is 1. The van der Waals surface area contributed by atoms with Crippen molar-refractivity contribution < 1.29 is 18.9 Å². The number of hydrogen-bond donors (Lipinski definition) is 0. The van der Waals surface area contributed by atoms with E-state index in [4.69, 9.17) is 20.8 Å². The van der Waals surface area contributed by atoms with Crippen molar-refractivity contribution in [2.24, 2.45) is 0 Å². The molecule has 0 fully saturated rings. The molecule has 1 aromatic heterocycles.